The molecule has 3 rings (SSSR count). The highest BCUT2D eigenvalue weighted by Crippen LogP contribution is 2.33. The number of nitrogens with zero attached hydrogens (tertiary/aromatic N) is 3. The van der Waals surface area contributed by atoms with Crippen LogP contribution in [-0.2, 0) is 13.6 Å². The third-order valence-corrected chi connectivity index (χ3v) is 4.74. The number of nitrogens with one attached hydrogen (secondary N) is 1. The van der Waals surface area contributed by atoms with Gasteiger partial charge in [-0.1, -0.05) is 44.3 Å². The van der Waals surface area contributed by atoms with Crippen molar-refractivity contribution in [2.75, 3.05) is 5.75 Å². The van der Waals surface area contributed by atoms with E-state index in [1.165, 1.54) is 0 Å². The van der Waals surface area contributed by atoms with E-state index in [0.29, 0.717) is 10.6 Å². The molecule has 4 nitrogen and oxygen atoms in total. The first kappa shape index (κ1) is 20.3. The summed E-state index contributed by atoms with van der Waals surface area (Å²) in [6.45, 7) is 6.84. The van der Waals surface area contributed by atoms with E-state index in [2.05, 4.69) is 28.8 Å². The lowest BCUT2D eigenvalue weighted by atomic mass is 10.1. The zero-order chi connectivity index (χ0) is 19.1. The summed E-state index contributed by atoms with van der Waals surface area (Å²) < 4.78 is 5.30. The van der Waals surface area contributed by atoms with E-state index in [4.69, 9.17) is 11.6 Å². The predicted molar refractivity (Wildman–Crippen MR) is 112 cm³/mol. The van der Waals surface area contributed by atoms with Crippen LogP contribution < -0.4 is 4.72 Å². The van der Waals surface area contributed by atoms with Gasteiger partial charge >= 0.3 is 0 Å². The number of rotatable bonds is 5. The second-order valence-electron chi connectivity index (χ2n) is 5.39. The van der Waals surface area contributed by atoms with Gasteiger partial charge in [-0.2, -0.15) is 5.26 Å². The number of halogens is 1. The molecule has 26 heavy (non-hydrogen) atoms. The molecule has 0 atom stereocenters. The van der Waals surface area contributed by atoms with Crippen LogP contribution in [0.2, 0.25) is 5.02 Å². The highest BCUT2D eigenvalue weighted by Gasteiger charge is 2.17. The average molecular weight is 387 g/mol. The van der Waals surface area contributed by atoms with Crippen molar-refractivity contribution in [3.8, 4) is 17.3 Å². The van der Waals surface area contributed by atoms with Crippen molar-refractivity contribution in [2.24, 2.45) is 7.05 Å². The van der Waals surface area contributed by atoms with Crippen molar-refractivity contribution >= 4 is 34.5 Å². The molecule has 0 aliphatic carbocycles. The van der Waals surface area contributed by atoms with E-state index in [1.807, 2.05) is 49.9 Å². The molecule has 0 amide bonds. The Kier molecular flexibility index (Phi) is 7.52. The van der Waals surface area contributed by atoms with E-state index < -0.39 is 0 Å². The second kappa shape index (κ2) is 9.63. The van der Waals surface area contributed by atoms with Gasteiger partial charge in [-0.15, -0.1) is 0 Å². The number of pyridine rings is 1. The van der Waals surface area contributed by atoms with Crippen LogP contribution in [0, 0.1) is 11.3 Å². The number of benzene rings is 1. The van der Waals surface area contributed by atoms with E-state index in [-0.39, 0.29) is 0 Å². The Labute approximate surface area is 164 Å². The fourth-order valence-corrected chi connectivity index (χ4v) is 3.45. The number of hydrogen-bond acceptors (Lipinski definition) is 4. The Morgan fingerprint density at radius 3 is 2.73 bits per heavy atom. The quantitative estimate of drug-likeness (QED) is 0.461. The number of hydrogen-bond donors (Lipinski definition) is 1. The van der Waals surface area contributed by atoms with Crippen molar-refractivity contribution in [1.82, 2.24) is 14.3 Å². The zero-order valence-electron chi connectivity index (χ0n) is 15.5. The van der Waals surface area contributed by atoms with Gasteiger partial charge in [0.25, 0.3) is 0 Å². The van der Waals surface area contributed by atoms with Crippen molar-refractivity contribution < 1.29 is 0 Å². The van der Waals surface area contributed by atoms with Crippen molar-refractivity contribution in [2.45, 2.75) is 27.3 Å². The van der Waals surface area contributed by atoms with Gasteiger partial charge in [0.15, 0.2) is 0 Å². The van der Waals surface area contributed by atoms with Gasteiger partial charge in [-0.05, 0) is 29.8 Å². The standard InChI is InChI=1S/C18H17ClN4S.C2H6/c1-3-24-22-10-12-6-13(11-21-9-12)18-16(8-20)15-5-4-14(19)7-17(15)23(18)2;1-2/h4-7,9,11,22H,3,10H2,1-2H3;1-2H3. The Hall–Kier alpha value is -2.00. The number of fused-ring (bicyclic) bond motifs is 1. The molecular weight excluding hydrogens is 364 g/mol. The van der Waals surface area contributed by atoms with Gasteiger partial charge in [0.05, 0.1) is 16.8 Å². The van der Waals surface area contributed by atoms with Crippen LogP contribution in [0.15, 0.2) is 36.7 Å². The largest absolute Gasteiger partial charge is 0.342 e. The smallest absolute Gasteiger partial charge is 0.102 e. The van der Waals surface area contributed by atoms with Crippen molar-refractivity contribution in [1.29, 1.82) is 5.26 Å². The molecule has 0 fully saturated rings. The van der Waals surface area contributed by atoms with Crippen LogP contribution in [0.25, 0.3) is 22.2 Å². The summed E-state index contributed by atoms with van der Waals surface area (Å²) in [6.07, 6.45) is 3.64. The summed E-state index contributed by atoms with van der Waals surface area (Å²) in [7, 11) is 1.95. The van der Waals surface area contributed by atoms with Crippen LogP contribution in [0.3, 0.4) is 0 Å². The first-order valence-corrected chi connectivity index (χ1v) is 9.99. The van der Waals surface area contributed by atoms with Gasteiger partial charge < -0.3 is 4.57 Å². The van der Waals surface area contributed by atoms with Gasteiger partial charge in [0, 0.05) is 47.7 Å². The minimum absolute atomic E-state index is 0.652. The van der Waals surface area contributed by atoms with Gasteiger partial charge in [-0.3, -0.25) is 9.71 Å². The lowest BCUT2D eigenvalue weighted by Gasteiger charge is -2.08. The lowest BCUT2D eigenvalue weighted by Crippen LogP contribution is -2.04. The minimum Gasteiger partial charge on any atom is -0.342 e. The molecule has 0 aliphatic rings. The Bertz CT molecular complexity index is 927. The van der Waals surface area contributed by atoms with E-state index in [0.717, 1.165) is 40.0 Å². The molecule has 3 aromatic rings. The van der Waals surface area contributed by atoms with Crippen LogP contribution in [0.5, 0.6) is 0 Å². The summed E-state index contributed by atoms with van der Waals surface area (Å²) in [5.41, 5.74) is 4.48. The molecule has 2 aromatic heterocycles. The van der Waals surface area contributed by atoms with Crippen LogP contribution in [-0.4, -0.2) is 15.3 Å². The molecule has 1 N–H and O–H groups in total. The maximum Gasteiger partial charge on any atom is 0.102 e. The number of aryl methyl sites for hydroxylation is 1. The molecule has 0 aliphatic heterocycles. The Morgan fingerprint density at radius 2 is 2.04 bits per heavy atom. The molecule has 0 bridgehead atoms. The minimum atomic E-state index is 0.652. The van der Waals surface area contributed by atoms with Gasteiger partial charge in [0.1, 0.15) is 6.07 Å². The Morgan fingerprint density at radius 1 is 1.27 bits per heavy atom. The van der Waals surface area contributed by atoms with Crippen LogP contribution in [0.4, 0.5) is 0 Å². The maximum atomic E-state index is 9.67. The fraction of sp³-hybridized carbons (Fsp3) is 0.300. The molecular formula is C20H23ClN4S. The molecule has 136 valence electrons. The number of nitriles is 1. The highest BCUT2D eigenvalue weighted by atomic mass is 35.5. The normalized spacial score (nSPS) is 10.3. The lowest BCUT2D eigenvalue weighted by molar-refractivity contribution is 0.953. The van der Waals surface area contributed by atoms with Gasteiger partial charge in [-0.25, -0.2) is 0 Å². The third kappa shape index (κ3) is 4.21. The van der Waals surface area contributed by atoms with E-state index >= 15 is 0 Å². The first-order valence-electron chi connectivity index (χ1n) is 8.62. The molecule has 2 heterocycles. The molecule has 1 aromatic carbocycles. The first-order chi connectivity index (χ1) is 12.7. The molecule has 0 spiro atoms. The SMILES string of the molecule is CC.CCSNCc1cncc(-c2c(C#N)c3ccc(Cl)cc3n2C)c1. The molecule has 0 saturated heterocycles. The number of aromatic nitrogens is 2. The van der Waals surface area contributed by atoms with E-state index in [9.17, 15) is 5.26 Å². The van der Waals surface area contributed by atoms with Crippen LogP contribution in [0.1, 0.15) is 31.9 Å². The average Bonchev–Trinajstić information content (AvgIpc) is 2.95. The molecule has 0 saturated carbocycles. The summed E-state index contributed by atoms with van der Waals surface area (Å²) in [6, 6.07) is 10.0. The van der Waals surface area contributed by atoms with Crippen molar-refractivity contribution in [3.05, 3.63) is 52.8 Å². The van der Waals surface area contributed by atoms with Crippen molar-refractivity contribution in [3.63, 3.8) is 0 Å². The predicted octanol–water partition coefficient (Wildman–Crippen LogP) is 5.55. The van der Waals surface area contributed by atoms with E-state index in [1.54, 1.807) is 18.1 Å². The Balaban J connectivity index is 0.00000117. The molecule has 0 radical (unpaired) electrons. The summed E-state index contributed by atoms with van der Waals surface area (Å²) in [5, 5.41) is 11.2. The summed E-state index contributed by atoms with van der Waals surface area (Å²) in [5.74, 6) is 1.01. The maximum absolute atomic E-state index is 9.67. The zero-order valence-corrected chi connectivity index (χ0v) is 17.1. The fourth-order valence-electron chi connectivity index (χ4n) is 2.81. The molecule has 0 unspecified atom stereocenters. The summed E-state index contributed by atoms with van der Waals surface area (Å²) >= 11 is 7.79. The van der Waals surface area contributed by atoms with Crippen LogP contribution >= 0.6 is 23.5 Å². The monoisotopic (exact) mass is 386 g/mol. The summed E-state index contributed by atoms with van der Waals surface area (Å²) in [4.78, 5) is 4.35. The second-order valence-corrected chi connectivity index (χ2v) is 6.98. The third-order valence-electron chi connectivity index (χ3n) is 3.87. The topological polar surface area (TPSA) is 53.6 Å². The highest BCUT2D eigenvalue weighted by molar-refractivity contribution is 7.97. The van der Waals surface area contributed by atoms with Gasteiger partial charge in [0.2, 0.25) is 0 Å². The molecule has 6 heteroatoms.